The molecule has 0 unspecified atom stereocenters. The molecule has 10 heavy (non-hydrogen) atoms. The number of nitrogens with zero attached hydrogens (tertiary/aromatic N) is 2. The Labute approximate surface area is 72.6 Å². The molecule has 0 fully saturated rings. The van der Waals surface area contributed by atoms with Gasteiger partial charge in [-0.3, -0.25) is 0 Å². The predicted molar refractivity (Wildman–Crippen MR) is 46.3 cm³/mol. The van der Waals surface area contributed by atoms with Crippen LogP contribution in [-0.4, -0.2) is 16.2 Å². The second-order valence-electron chi connectivity index (χ2n) is 1.79. The minimum Gasteiger partial charge on any atom is -0.230 e. The Morgan fingerprint density at radius 1 is 1.60 bits per heavy atom. The van der Waals surface area contributed by atoms with E-state index in [1.54, 1.807) is 18.0 Å². The van der Waals surface area contributed by atoms with Crippen molar-refractivity contribution < 1.29 is 0 Å². The lowest BCUT2D eigenvalue weighted by atomic mass is 10.5. The van der Waals surface area contributed by atoms with Crippen molar-refractivity contribution in [3.63, 3.8) is 0 Å². The molecule has 1 aromatic heterocycles. The molecule has 54 valence electrons. The van der Waals surface area contributed by atoms with Crippen molar-refractivity contribution in [2.45, 2.75) is 12.1 Å². The van der Waals surface area contributed by atoms with E-state index < -0.39 is 0 Å². The SMILES string of the molecule is CSc1ncc(Br)c(C)n1. The molecule has 0 aliphatic carbocycles. The molecule has 0 N–H and O–H groups in total. The maximum absolute atomic E-state index is 4.20. The first-order chi connectivity index (χ1) is 4.74. The summed E-state index contributed by atoms with van der Waals surface area (Å²) in [5, 5.41) is 0.820. The number of aryl methyl sites for hydroxylation is 1. The number of aromatic nitrogens is 2. The van der Waals surface area contributed by atoms with E-state index in [1.807, 2.05) is 13.2 Å². The van der Waals surface area contributed by atoms with E-state index in [9.17, 15) is 0 Å². The van der Waals surface area contributed by atoms with Crippen LogP contribution in [0.15, 0.2) is 15.8 Å². The van der Waals surface area contributed by atoms with Crippen LogP contribution in [0.5, 0.6) is 0 Å². The van der Waals surface area contributed by atoms with Crippen molar-refractivity contribution in [3.8, 4) is 0 Å². The Hall–Kier alpha value is -0.0900. The Bertz CT molecular complexity index is 239. The maximum atomic E-state index is 4.20. The number of hydrogen-bond donors (Lipinski definition) is 0. The molecule has 0 spiro atoms. The Balaban J connectivity index is 3.04. The zero-order valence-corrected chi connectivity index (χ0v) is 8.16. The summed E-state index contributed by atoms with van der Waals surface area (Å²) >= 11 is 4.87. The molecule has 1 aromatic rings. The summed E-state index contributed by atoms with van der Waals surface area (Å²) in [6, 6.07) is 0. The summed E-state index contributed by atoms with van der Waals surface area (Å²) in [6.07, 6.45) is 3.73. The van der Waals surface area contributed by atoms with E-state index >= 15 is 0 Å². The van der Waals surface area contributed by atoms with Crippen LogP contribution in [0.4, 0.5) is 0 Å². The number of thioether (sulfide) groups is 1. The molecule has 0 bridgehead atoms. The third kappa shape index (κ3) is 1.70. The second kappa shape index (κ2) is 3.34. The van der Waals surface area contributed by atoms with E-state index in [-0.39, 0.29) is 0 Å². The monoisotopic (exact) mass is 218 g/mol. The fourth-order valence-electron chi connectivity index (χ4n) is 0.529. The van der Waals surface area contributed by atoms with E-state index in [2.05, 4.69) is 25.9 Å². The van der Waals surface area contributed by atoms with Gasteiger partial charge in [0.05, 0.1) is 10.2 Å². The molecular formula is C6H7BrN2S. The maximum Gasteiger partial charge on any atom is 0.187 e. The summed E-state index contributed by atoms with van der Waals surface area (Å²) in [4.78, 5) is 8.26. The van der Waals surface area contributed by atoms with E-state index in [0.717, 1.165) is 15.3 Å². The van der Waals surface area contributed by atoms with Gasteiger partial charge >= 0.3 is 0 Å². The second-order valence-corrected chi connectivity index (χ2v) is 3.42. The minimum atomic E-state index is 0.820. The van der Waals surface area contributed by atoms with Crippen molar-refractivity contribution >= 4 is 27.7 Å². The fourth-order valence-corrected chi connectivity index (χ4v) is 1.11. The smallest absolute Gasteiger partial charge is 0.187 e. The first-order valence-electron chi connectivity index (χ1n) is 2.77. The minimum absolute atomic E-state index is 0.820. The van der Waals surface area contributed by atoms with Gasteiger partial charge < -0.3 is 0 Å². The van der Waals surface area contributed by atoms with Crippen LogP contribution in [-0.2, 0) is 0 Å². The first-order valence-corrected chi connectivity index (χ1v) is 4.79. The summed E-state index contributed by atoms with van der Waals surface area (Å²) in [7, 11) is 0. The summed E-state index contributed by atoms with van der Waals surface area (Å²) in [6.45, 7) is 1.95. The molecular weight excluding hydrogens is 212 g/mol. The van der Waals surface area contributed by atoms with Gasteiger partial charge in [-0.1, -0.05) is 11.8 Å². The van der Waals surface area contributed by atoms with Gasteiger partial charge in [0.2, 0.25) is 0 Å². The molecule has 1 rings (SSSR count). The van der Waals surface area contributed by atoms with E-state index in [1.165, 1.54) is 0 Å². The van der Waals surface area contributed by atoms with Crippen molar-refractivity contribution in [2.24, 2.45) is 0 Å². The predicted octanol–water partition coefficient (Wildman–Crippen LogP) is 2.27. The number of hydrogen-bond acceptors (Lipinski definition) is 3. The molecule has 0 radical (unpaired) electrons. The van der Waals surface area contributed by atoms with Gasteiger partial charge in [0.15, 0.2) is 5.16 Å². The van der Waals surface area contributed by atoms with Gasteiger partial charge in [0.25, 0.3) is 0 Å². The van der Waals surface area contributed by atoms with Crippen molar-refractivity contribution in [3.05, 3.63) is 16.4 Å². The molecule has 0 aliphatic heterocycles. The lowest BCUT2D eigenvalue weighted by Gasteiger charge is -1.97. The van der Waals surface area contributed by atoms with Crippen LogP contribution in [0, 0.1) is 6.92 Å². The molecule has 0 atom stereocenters. The normalized spacial score (nSPS) is 9.90. The van der Waals surface area contributed by atoms with E-state index in [0.29, 0.717) is 0 Å². The summed E-state index contributed by atoms with van der Waals surface area (Å²) in [5.74, 6) is 0. The molecule has 2 nitrogen and oxygen atoms in total. The molecule has 0 saturated carbocycles. The number of rotatable bonds is 1. The average molecular weight is 219 g/mol. The third-order valence-corrected chi connectivity index (χ3v) is 2.42. The highest BCUT2D eigenvalue weighted by Gasteiger charge is 1.97. The molecule has 0 saturated heterocycles. The van der Waals surface area contributed by atoms with Gasteiger partial charge in [0, 0.05) is 6.20 Å². The largest absolute Gasteiger partial charge is 0.230 e. The molecule has 0 amide bonds. The fraction of sp³-hybridized carbons (Fsp3) is 0.333. The van der Waals surface area contributed by atoms with Crippen molar-refractivity contribution in [2.75, 3.05) is 6.26 Å². The van der Waals surface area contributed by atoms with Crippen LogP contribution in [0.2, 0.25) is 0 Å². The molecule has 4 heteroatoms. The Morgan fingerprint density at radius 2 is 2.30 bits per heavy atom. The first kappa shape index (κ1) is 8.01. The van der Waals surface area contributed by atoms with Crippen LogP contribution >= 0.6 is 27.7 Å². The van der Waals surface area contributed by atoms with Gasteiger partial charge in [-0.05, 0) is 29.1 Å². The van der Waals surface area contributed by atoms with E-state index in [4.69, 9.17) is 0 Å². The van der Waals surface area contributed by atoms with Gasteiger partial charge in [-0.2, -0.15) is 0 Å². The average Bonchev–Trinajstić information content (AvgIpc) is 1.95. The molecule has 0 aromatic carbocycles. The molecule has 0 aliphatic rings. The van der Waals surface area contributed by atoms with Crippen LogP contribution in [0.1, 0.15) is 5.69 Å². The van der Waals surface area contributed by atoms with Crippen molar-refractivity contribution in [1.29, 1.82) is 0 Å². The zero-order chi connectivity index (χ0) is 7.56. The Kier molecular flexibility index (Phi) is 2.68. The quantitative estimate of drug-likeness (QED) is 0.535. The van der Waals surface area contributed by atoms with Crippen molar-refractivity contribution in [1.82, 2.24) is 9.97 Å². The summed E-state index contributed by atoms with van der Waals surface area (Å²) in [5.41, 5.74) is 0.986. The zero-order valence-electron chi connectivity index (χ0n) is 5.76. The summed E-state index contributed by atoms with van der Waals surface area (Å²) < 4.78 is 0.963. The standard InChI is InChI=1S/C6H7BrN2S/c1-4-5(7)3-8-6(9-4)10-2/h3H,1-2H3. The topological polar surface area (TPSA) is 25.8 Å². The number of halogens is 1. The highest BCUT2D eigenvalue weighted by atomic mass is 79.9. The lowest BCUT2D eigenvalue weighted by Crippen LogP contribution is -1.88. The van der Waals surface area contributed by atoms with Gasteiger partial charge in [-0.15, -0.1) is 0 Å². The highest BCUT2D eigenvalue weighted by Crippen LogP contribution is 2.15. The van der Waals surface area contributed by atoms with Gasteiger partial charge in [0.1, 0.15) is 0 Å². The van der Waals surface area contributed by atoms with Gasteiger partial charge in [-0.25, -0.2) is 9.97 Å². The highest BCUT2D eigenvalue weighted by molar-refractivity contribution is 9.10. The lowest BCUT2D eigenvalue weighted by molar-refractivity contribution is 0.924. The third-order valence-electron chi connectivity index (χ3n) is 1.08. The Morgan fingerprint density at radius 3 is 2.80 bits per heavy atom. The van der Waals surface area contributed by atoms with Crippen LogP contribution in [0.25, 0.3) is 0 Å². The molecule has 1 heterocycles. The van der Waals surface area contributed by atoms with Crippen LogP contribution in [0.3, 0.4) is 0 Å². The van der Waals surface area contributed by atoms with Crippen LogP contribution < -0.4 is 0 Å².